The maximum atomic E-state index is 10.9. The highest BCUT2D eigenvalue weighted by molar-refractivity contribution is 9.10. The first-order chi connectivity index (χ1) is 8.68. The average Bonchev–Trinajstić information content (AvgIpc) is 2.38. The second kappa shape index (κ2) is 6.02. The molecule has 0 amide bonds. The van der Waals surface area contributed by atoms with Gasteiger partial charge in [-0.25, -0.2) is 0 Å². The Balaban J connectivity index is 2.16. The van der Waals surface area contributed by atoms with Crippen molar-refractivity contribution < 1.29 is 4.92 Å². The van der Waals surface area contributed by atoms with E-state index in [1.54, 1.807) is 12.1 Å². The summed E-state index contributed by atoms with van der Waals surface area (Å²) in [5, 5.41) is 10.9. The molecule has 2 aromatic carbocycles. The highest BCUT2D eigenvalue weighted by Gasteiger charge is 2.12. The number of benzene rings is 2. The maximum absolute atomic E-state index is 10.9. The number of thioether (sulfide) groups is 1. The predicted molar refractivity (Wildman–Crippen MR) is 76.8 cm³/mol. The third kappa shape index (κ3) is 3.11. The van der Waals surface area contributed by atoms with Crippen LogP contribution in [0.4, 0.5) is 5.69 Å². The van der Waals surface area contributed by atoms with Crippen LogP contribution in [-0.4, -0.2) is 4.92 Å². The summed E-state index contributed by atoms with van der Waals surface area (Å²) in [6.45, 7) is 0. The summed E-state index contributed by atoms with van der Waals surface area (Å²) < 4.78 is 1.02. The fraction of sp³-hybridized carbons (Fsp3) is 0.0769. The summed E-state index contributed by atoms with van der Waals surface area (Å²) in [5.41, 5.74) is 1.29. The van der Waals surface area contributed by atoms with Crippen molar-refractivity contribution in [2.75, 3.05) is 0 Å². The van der Waals surface area contributed by atoms with Crippen LogP contribution in [0.2, 0.25) is 0 Å². The van der Waals surface area contributed by atoms with Crippen LogP contribution in [0.1, 0.15) is 5.56 Å². The molecule has 0 aliphatic carbocycles. The maximum Gasteiger partial charge on any atom is 0.282 e. The van der Waals surface area contributed by atoms with E-state index >= 15 is 0 Å². The van der Waals surface area contributed by atoms with E-state index in [0.29, 0.717) is 10.6 Å². The van der Waals surface area contributed by atoms with E-state index in [4.69, 9.17) is 0 Å². The average molecular weight is 324 g/mol. The second-order valence-electron chi connectivity index (χ2n) is 3.60. The van der Waals surface area contributed by atoms with Gasteiger partial charge in [0.1, 0.15) is 0 Å². The number of hydrogen-bond acceptors (Lipinski definition) is 3. The van der Waals surface area contributed by atoms with Gasteiger partial charge >= 0.3 is 0 Å². The fourth-order valence-corrected chi connectivity index (χ4v) is 3.14. The number of nitro groups is 1. The van der Waals surface area contributed by atoms with Gasteiger partial charge in [-0.05, 0) is 17.7 Å². The lowest BCUT2D eigenvalue weighted by Gasteiger charge is -2.04. The van der Waals surface area contributed by atoms with Crippen molar-refractivity contribution in [3.8, 4) is 0 Å². The van der Waals surface area contributed by atoms with E-state index in [-0.39, 0.29) is 10.6 Å². The number of nitro benzene ring substituents is 1. The molecule has 0 fully saturated rings. The summed E-state index contributed by atoms with van der Waals surface area (Å²) >= 11 is 4.94. The Hall–Kier alpha value is -1.33. The number of nitrogens with zero attached hydrogens (tertiary/aromatic N) is 1. The van der Waals surface area contributed by atoms with Crippen LogP contribution in [0.25, 0.3) is 0 Å². The minimum Gasteiger partial charge on any atom is -0.258 e. The Labute approximate surface area is 117 Å². The number of hydrogen-bond donors (Lipinski definition) is 0. The molecule has 3 nitrogen and oxygen atoms in total. The topological polar surface area (TPSA) is 43.1 Å². The number of para-hydroxylation sites is 1. The van der Waals surface area contributed by atoms with Crippen molar-refractivity contribution in [2.24, 2.45) is 0 Å². The molecule has 0 aromatic heterocycles. The second-order valence-corrected chi connectivity index (χ2v) is 5.48. The van der Waals surface area contributed by atoms with Crippen LogP contribution >= 0.6 is 27.7 Å². The Morgan fingerprint density at radius 3 is 2.50 bits per heavy atom. The van der Waals surface area contributed by atoms with Crippen molar-refractivity contribution in [1.29, 1.82) is 0 Å². The molecule has 5 heteroatoms. The molecule has 0 unspecified atom stereocenters. The molecule has 0 aliphatic rings. The van der Waals surface area contributed by atoms with Gasteiger partial charge in [-0.15, -0.1) is 11.8 Å². The zero-order chi connectivity index (χ0) is 13.0. The molecule has 0 spiro atoms. The quantitative estimate of drug-likeness (QED) is 0.467. The van der Waals surface area contributed by atoms with E-state index in [9.17, 15) is 10.1 Å². The summed E-state index contributed by atoms with van der Waals surface area (Å²) in [5.74, 6) is 0.701. The van der Waals surface area contributed by atoms with Crippen molar-refractivity contribution in [1.82, 2.24) is 0 Å². The summed E-state index contributed by atoms with van der Waals surface area (Å²) in [4.78, 5) is 11.2. The molecule has 0 bridgehead atoms. The van der Waals surface area contributed by atoms with Crippen molar-refractivity contribution in [3.63, 3.8) is 0 Å². The van der Waals surface area contributed by atoms with Gasteiger partial charge in [0.25, 0.3) is 5.69 Å². The zero-order valence-corrected chi connectivity index (χ0v) is 11.8. The third-order valence-corrected chi connectivity index (χ3v) is 4.29. The van der Waals surface area contributed by atoms with E-state index in [1.807, 2.05) is 30.3 Å². The third-order valence-electron chi connectivity index (χ3n) is 2.40. The number of halogens is 1. The molecule has 0 aliphatic heterocycles. The van der Waals surface area contributed by atoms with E-state index in [2.05, 4.69) is 15.9 Å². The highest BCUT2D eigenvalue weighted by Crippen LogP contribution is 2.32. The molecular formula is C13H10BrNO2S. The zero-order valence-electron chi connectivity index (χ0n) is 9.38. The van der Waals surface area contributed by atoms with Crippen LogP contribution in [0.3, 0.4) is 0 Å². The van der Waals surface area contributed by atoms with Crippen molar-refractivity contribution in [3.05, 3.63) is 68.7 Å². The predicted octanol–water partition coefficient (Wildman–Crippen LogP) is 4.65. The number of rotatable bonds is 4. The molecule has 0 heterocycles. The van der Waals surface area contributed by atoms with E-state index < -0.39 is 0 Å². The van der Waals surface area contributed by atoms with Gasteiger partial charge < -0.3 is 0 Å². The van der Waals surface area contributed by atoms with E-state index in [0.717, 1.165) is 10.0 Å². The van der Waals surface area contributed by atoms with Crippen LogP contribution in [0.5, 0.6) is 0 Å². The highest BCUT2D eigenvalue weighted by atomic mass is 79.9. The standard InChI is InChI=1S/C13H10BrNO2S/c14-11-6-2-1-5-10(11)9-18-13-8-4-3-7-12(13)15(16)17/h1-8H,9H2. The first-order valence-electron chi connectivity index (χ1n) is 5.28. The first-order valence-corrected chi connectivity index (χ1v) is 7.06. The largest absolute Gasteiger partial charge is 0.282 e. The normalized spacial score (nSPS) is 10.3. The van der Waals surface area contributed by atoms with E-state index in [1.165, 1.54) is 17.8 Å². The molecule has 0 N–H and O–H groups in total. The monoisotopic (exact) mass is 323 g/mol. The van der Waals surface area contributed by atoms with Crippen LogP contribution in [0, 0.1) is 10.1 Å². The Morgan fingerprint density at radius 1 is 1.11 bits per heavy atom. The smallest absolute Gasteiger partial charge is 0.258 e. The van der Waals surface area contributed by atoms with Gasteiger partial charge in [-0.1, -0.05) is 46.3 Å². The fourth-order valence-electron chi connectivity index (χ4n) is 1.50. The lowest BCUT2D eigenvalue weighted by molar-refractivity contribution is -0.387. The van der Waals surface area contributed by atoms with Gasteiger partial charge in [0.2, 0.25) is 0 Å². The molecule has 2 aromatic rings. The summed E-state index contributed by atoms with van der Waals surface area (Å²) in [6, 6.07) is 14.7. The lowest BCUT2D eigenvalue weighted by Crippen LogP contribution is -1.90. The molecule has 0 saturated carbocycles. The Bertz CT molecular complexity index is 574. The van der Waals surface area contributed by atoms with Gasteiger partial charge in [0, 0.05) is 16.3 Å². The van der Waals surface area contributed by atoms with Crippen LogP contribution < -0.4 is 0 Å². The van der Waals surface area contributed by atoms with Gasteiger partial charge in [-0.3, -0.25) is 10.1 Å². The van der Waals surface area contributed by atoms with Gasteiger partial charge in [0.15, 0.2) is 0 Å². The molecule has 2 rings (SSSR count). The minimum atomic E-state index is -0.345. The Kier molecular flexibility index (Phi) is 4.38. The summed E-state index contributed by atoms with van der Waals surface area (Å²) in [7, 11) is 0. The SMILES string of the molecule is O=[N+]([O-])c1ccccc1SCc1ccccc1Br. The van der Waals surface area contributed by atoms with Crippen LogP contribution in [-0.2, 0) is 5.75 Å². The Morgan fingerprint density at radius 2 is 1.78 bits per heavy atom. The van der Waals surface area contributed by atoms with Crippen molar-refractivity contribution >= 4 is 33.4 Å². The molecule has 0 radical (unpaired) electrons. The van der Waals surface area contributed by atoms with Crippen molar-refractivity contribution in [2.45, 2.75) is 10.6 Å². The lowest BCUT2D eigenvalue weighted by atomic mass is 10.2. The molecule has 0 saturated heterocycles. The molecule has 0 atom stereocenters. The van der Waals surface area contributed by atoms with Gasteiger partial charge in [0.05, 0.1) is 9.82 Å². The molecule has 18 heavy (non-hydrogen) atoms. The summed E-state index contributed by atoms with van der Waals surface area (Å²) in [6.07, 6.45) is 0. The van der Waals surface area contributed by atoms with Crippen LogP contribution in [0.15, 0.2) is 57.9 Å². The molecule has 92 valence electrons. The molecular weight excluding hydrogens is 314 g/mol. The van der Waals surface area contributed by atoms with Gasteiger partial charge in [-0.2, -0.15) is 0 Å². The minimum absolute atomic E-state index is 0.162. The first kappa shape index (κ1) is 13.1.